The summed E-state index contributed by atoms with van der Waals surface area (Å²) in [6.45, 7) is 2.67. The molecule has 1 aromatic rings. The maximum atomic E-state index is 13.4. The van der Waals surface area contributed by atoms with Crippen LogP contribution in [0.4, 0.5) is 14.9 Å². The molecule has 8 nitrogen and oxygen atoms in total. The number of rotatable bonds is 2. The summed E-state index contributed by atoms with van der Waals surface area (Å²) in [5.41, 5.74) is -0.474. The summed E-state index contributed by atoms with van der Waals surface area (Å²) in [5, 5.41) is 2.64. The number of nitrogens with zero attached hydrogens (tertiary/aromatic N) is 3. The summed E-state index contributed by atoms with van der Waals surface area (Å²) >= 11 is 0. The van der Waals surface area contributed by atoms with Crippen LogP contribution >= 0.6 is 0 Å². The molecule has 2 aliphatic rings. The van der Waals surface area contributed by atoms with Crippen molar-refractivity contribution in [1.29, 1.82) is 0 Å². The third-order valence-electron chi connectivity index (χ3n) is 5.06. The van der Waals surface area contributed by atoms with Gasteiger partial charge in [-0.1, -0.05) is 6.07 Å². The lowest BCUT2D eigenvalue weighted by atomic mass is 9.98. The molecule has 0 unspecified atom stereocenters. The molecule has 0 aliphatic carbocycles. The molecule has 2 atom stereocenters. The molecule has 2 saturated heterocycles. The predicted octanol–water partition coefficient (Wildman–Crippen LogP) is 1.14. The number of likely N-dealkylation sites (tertiary alicyclic amines) is 1. The zero-order chi connectivity index (χ0) is 20.5. The largest absolute Gasteiger partial charge is 0.356 e. The van der Waals surface area contributed by atoms with Gasteiger partial charge in [0.15, 0.2) is 6.10 Å². The Morgan fingerprint density at radius 1 is 1.25 bits per heavy atom. The Bertz CT molecular complexity index is 787. The zero-order valence-corrected chi connectivity index (χ0v) is 16.3. The fraction of sp³-hybridized carbons (Fsp3) is 0.526. The Balaban J connectivity index is 1.76. The lowest BCUT2D eigenvalue weighted by Gasteiger charge is -2.43. The van der Waals surface area contributed by atoms with Gasteiger partial charge in [-0.3, -0.25) is 9.59 Å². The molecule has 0 radical (unpaired) electrons. The van der Waals surface area contributed by atoms with Gasteiger partial charge in [0.1, 0.15) is 11.4 Å². The molecule has 152 valence electrons. The zero-order valence-electron chi connectivity index (χ0n) is 16.3. The Labute approximate surface area is 163 Å². The molecule has 28 heavy (non-hydrogen) atoms. The summed E-state index contributed by atoms with van der Waals surface area (Å²) in [6, 6.07) is 5.44. The molecule has 3 rings (SSSR count). The molecule has 0 saturated carbocycles. The summed E-state index contributed by atoms with van der Waals surface area (Å²) in [4.78, 5) is 41.8. The monoisotopic (exact) mass is 392 g/mol. The average molecular weight is 392 g/mol. The van der Waals surface area contributed by atoms with Crippen molar-refractivity contribution in [1.82, 2.24) is 14.7 Å². The Morgan fingerprint density at radius 3 is 2.61 bits per heavy atom. The Kier molecular flexibility index (Phi) is 5.55. The fourth-order valence-electron chi connectivity index (χ4n) is 3.67. The molecule has 2 heterocycles. The van der Waals surface area contributed by atoms with Crippen LogP contribution in [-0.4, -0.2) is 84.5 Å². The highest BCUT2D eigenvalue weighted by atomic mass is 19.1. The van der Waals surface area contributed by atoms with Gasteiger partial charge in [-0.15, -0.1) is 0 Å². The Hall–Kier alpha value is -2.68. The van der Waals surface area contributed by atoms with Crippen molar-refractivity contribution in [2.24, 2.45) is 0 Å². The van der Waals surface area contributed by atoms with Crippen molar-refractivity contribution in [2.75, 3.05) is 45.6 Å². The second-order valence-electron chi connectivity index (χ2n) is 7.54. The van der Waals surface area contributed by atoms with Crippen LogP contribution in [0.2, 0.25) is 0 Å². The molecular formula is C19H25FN4O4. The van der Waals surface area contributed by atoms with E-state index in [-0.39, 0.29) is 18.5 Å². The van der Waals surface area contributed by atoms with E-state index >= 15 is 0 Å². The maximum absolute atomic E-state index is 13.4. The van der Waals surface area contributed by atoms with Gasteiger partial charge in [-0.2, -0.15) is 0 Å². The molecule has 1 N–H and O–H groups in total. The SMILES string of the molecule is CC(=O)N1C[C@H](C(=O)Nc2cccc(F)c2)O[C@]2(CCN(C(=O)N(C)C)C2)C1. The number of anilines is 1. The second kappa shape index (κ2) is 7.75. The minimum atomic E-state index is -0.907. The smallest absolute Gasteiger partial charge is 0.319 e. The minimum Gasteiger partial charge on any atom is -0.356 e. The van der Waals surface area contributed by atoms with Gasteiger partial charge in [0.2, 0.25) is 5.91 Å². The highest BCUT2D eigenvalue weighted by Crippen LogP contribution is 2.32. The number of nitrogens with one attached hydrogen (secondary N) is 1. The van der Waals surface area contributed by atoms with Crippen LogP contribution < -0.4 is 5.32 Å². The predicted molar refractivity (Wildman–Crippen MR) is 100 cm³/mol. The second-order valence-corrected chi connectivity index (χ2v) is 7.54. The van der Waals surface area contributed by atoms with Crippen LogP contribution in [0.25, 0.3) is 0 Å². The molecule has 4 amide bonds. The van der Waals surface area contributed by atoms with E-state index in [2.05, 4.69) is 5.32 Å². The van der Waals surface area contributed by atoms with Gasteiger partial charge in [-0.05, 0) is 24.6 Å². The van der Waals surface area contributed by atoms with Crippen molar-refractivity contribution in [2.45, 2.75) is 25.0 Å². The van der Waals surface area contributed by atoms with Crippen molar-refractivity contribution in [3.05, 3.63) is 30.1 Å². The van der Waals surface area contributed by atoms with Gasteiger partial charge in [0, 0.05) is 33.3 Å². The first kappa shape index (κ1) is 20.1. The molecule has 0 bridgehead atoms. The summed E-state index contributed by atoms with van der Waals surface area (Å²) < 4.78 is 19.5. The highest BCUT2D eigenvalue weighted by molar-refractivity contribution is 5.94. The Morgan fingerprint density at radius 2 is 1.96 bits per heavy atom. The van der Waals surface area contributed by atoms with Crippen LogP contribution in [0.15, 0.2) is 24.3 Å². The van der Waals surface area contributed by atoms with E-state index in [1.807, 2.05) is 0 Å². The molecule has 1 spiro atoms. The number of ether oxygens (including phenoxy) is 1. The summed E-state index contributed by atoms with van der Waals surface area (Å²) in [6.07, 6.45) is -0.379. The molecule has 9 heteroatoms. The number of halogens is 1. The number of urea groups is 1. The number of hydrogen-bond donors (Lipinski definition) is 1. The third kappa shape index (κ3) is 4.24. The van der Waals surface area contributed by atoms with Crippen LogP contribution in [0.1, 0.15) is 13.3 Å². The topological polar surface area (TPSA) is 82.2 Å². The van der Waals surface area contributed by atoms with Gasteiger partial charge < -0.3 is 24.8 Å². The molecular weight excluding hydrogens is 367 g/mol. The number of amides is 4. The molecule has 1 aromatic carbocycles. The van der Waals surface area contributed by atoms with Crippen LogP contribution in [0, 0.1) is 5.82 Å². The summed E-state index contributed by atoms with van der Waals surface area (Å²) in [5.74, 6) is -1.07. The molecule has 2 fully saturated rings. The van der Waals surface area contributed by atoms with E-state index in [9.17, 15) is 18.8 Å². The van der Waals surface area contributed by atoms with Gasteiger partial charge in [-0.25, -0.2) is 9.18 Å². The summed E-state index contributed by atoms with van der Waals surface area (Å²) in [7, 11) is 3.35. The van der Waals surface area contributed by atoms with Crippen molar-refractivity contribution >= 4 is 23.5 Å². The van der Waals surface area contributed by atoms with Gasteiger partial charge >= 0.3 is 6.03 Å². The number of carbonyl (C=O) groups is 3. The van der Waals surface area contributed by atoms with E-state index in [1.54, 1.807) is 30.0 Å². The first-order valence-electron chi connectivity index (χ1n) is 9.15. The highest BCUT2D eigenvalue weighted by Gasteiger charge is 2.49. The van der Waals surface area contributed by atoms with Crippen LogP contribution in [-0.2, 0) is 14.3 Å². The van der Waals surface area contributed by atoms with E-state index in [0.29, 0.717) is 31.7 Å². The van der Waals surface area contributed by atoms with E-state index in [0.717, 1.165) is 0 Å². The van der Waals surface area contributed by atoms with Crippen molar-refractivity contribution in [3.63, 3.8) is 0 Å². The number of carbonyl (C=O) groups excluding carboxylic acids is 3. The van der Waals surface area contributed by atoms with Gasteiger partial charge in [0.25, 0.3) is 5.91 Å². The van der Waals surface area contributed by atoms with E-state index in [4.69, 9.17) is 4.74 Å². The van der Waals surface area contributed by atoms with Crippen LogP contribution in [0.3, 0.4) is 0 Å². The lowest BCUT2D eigenvalue weighted by Crippen LogP contribution is -2.60. The maximum Gasteiger partial charge on any atom is 0.319 e. The van der Waals surface area contributed by atoms with Gasteiger partial charge in [0.05, 0.1) is 19.6 Å². The standard InChI is InChI=1S/C19H25FN4O4/c1-13(25)24-10-16(17(26)21-15-6-4-5-14(20)9-15)28-19(12-24)7-8-23(11-19)18(27)22(2)3/h4-6,9,16H,7-8,10-12H2,1-3H3,(H,21,26)/t16-,19+/m1/s1. The number of benzene rings is 1. The van der Waals surface area contributed by atoms with Crippen molar-refractivity contribution < 1.29 is 23.5 Å². The number of morpholine rings is 1. The normalized spacial score (nSPS) is 24.4. The quantitative estimate of drug-likeness (QED) is 0.818. The third-order valence-corrected chi connectivity index (χ3v) is 5.06. The van der Waals surface area contributed by atoms with Crippen LogP contribution in [0.5, 0.6) is 0 Å². The lowest BCUT2D eigenvalue weighted by molar-refractivity contribution is -0.171. The average Bonchev–Trinajstić information content (AvgIpc) is 3.03. The fourth-order valence-corrected chi connectivity index (χ4v) is 3.67. The minimum absolute atomic E-state index is 0.111. The van der Waals surface area contributed by atoms with E-state index in [1.165, 1.54) is 30.0 Å². The molecule has 2 aliphatic heterocycles. The van der Waals surface area contributed by atoms with E-state index < -0.39 is 23.4 Å². The van der Waals surface area contributed by atoms with Crippen molar-refractivity contribution in [3.8, 4) is 0 Å². The number of hydrogen-bond acceptors (Lipinski definition) is 4. The first-order chi connectivity index (χ1) is 13.2. The first-order valence-corrected chi connectivity index (χ1v) is 9.15. The molecule has 0 aromatic heterocycles.